The Labute approximate surface area is 186 Å². The summed E-state index contributed by atoms with van der Waals surface area (Å²) in [5.74, 6) is -1.07. The summed E-state index contributed by atoms with van der Waals surface area (Å²) in [6, 6.07) is 12.4. The number of fused-ring (bicyclic) bond motifs is 2. The molecule has 158 valence electrons. The van der Waals surface area contributed by atoms with Crippen molar-refractivity contribution in [3.63, 3.8) is 0 Å². The van der Waals surface area contributed by atoms with Crippen LogP contribution in [0.3, 0.4) is 0 Å². The number of halogens is 1. The Morgan fingerprint density at radius 2 is 1.84 bits per heavy atom. The third kappa shape index (κ3) is 4.33. The summed E-state index contributed by atoms with van der Waals surface area (Å²) < 4.78 is 11.4. The molecule has 4 aromatic rings. The van der Waals surface area contributed by atoms with Crippen LogP contribution in [0.25, 0.3) is 21.1 Å². The number of ether oxygens (including phenoxy) is 1. The van der Waals surface area contributed by atoms with Gasteiger partial charge < -0.3 is 14.5 Å². The van der Waals surface area contributed by atoms with E-state index < -0.39 is 17.5 Å². The van der Waals surface area contributed by atoms with Crippen LogP contribution in [-0.2, 0) is 16.1 Å². The van der Waals surface area contributed by atoms with Crippen LogP contribution in [0.4, 0.5) is 0 Å². The van der Waals surface area contributed by atoms with Gasteiger partial charge in [0.1, 0.15) is 23.6 Å². The van der Waals surface area contributed by atoms with Gasteiger partial charge in [0, 0.05) is 27.1 Å². The van der Waals surface area contributed by atoms with Gasteiger partial charge in [0.05, 0.1) is 5.02 Å². The minimum absolute atomic E-state index is 0.108. The van der Waals surface area contributed by atoms with E-state index >= 15 is 0 Å². The molecule has 8 heteroatoms. The Kier molecular flexibility index (Phi) is 5.80. The minimum Gasteiger partial charge on any atom is -0.459 e. The van der Waals surface area contributed by atoms with Gasteiger partial charge in [-0.05, 0) is 43.2 Å². The van der Waals surface area contributed by atoms with Gasteiger partial charge >= 0.3 is 11.6 Å². The van der Waals surface area contributed by atoms with Crippen molar-refractivity contribution in [2.45, 2.75) is 20.5 Å². The number of hydrogen-bond acceptors (Lipinski definition) is 6. The van der Waals surface area contributed by atoms with Gasteiger partial charge in [-0.25, -0.2) is 4.79 Å². The Morgan fingerprint density at radius 3 is 2.61 bits per heavy atom. The van der Waals surface area contributed by atoms with Gasteiger partial charge in [-0.3, -0.25) is 9.59 Å². The zero-order chi connectivity index (χ0) is 22.1. The van der Waals surface area contributed by atoms with Crippen LogP contribution in [0.2, 0.25) is 5.02 Å². The Hall–Kier alpha value is -3.16. The second-order valence-corrected chi connectivity index (χ2v) is 8.54. The number of thiophene rings is 1. The Morgan fingerprint density at radius 1 is 1.10 bits per heavy atom. The van der Waals surface area contributed by atoms with Crippen molar-refractivity contribution in [3.8, 4) is 0 Å². The fraction of sp³-hybridized carbons (Fsp3) is 0.174. The van der Waals surface area contributed by atoms with Crippen molar-refractivity contribution >= 4 is 55.9 Å². The second kappa shape index (κ2) is 8.53. The summed E-state index contributed by atoms with van der Waals surface area (Å²) >= 11 is 7.56. The number of carbonyl (C=O) groups is 2. The molecule has 6 nitrogen and oxygen atoms in total. The third-order valence-corrected chi connectivity index (χ3v) is 6.64. The second-order valence-electron chi connectivity index (χ2n) is 7.11. The van der Waals surface area contributed by atoms with Crippen LogP contribution in [0.15, 0.2) is 51.7 Å². The molecule has 0 radical (unpaired) electrons. The molecule has 0 aliphatic carbocycles. The molecule has 4 rings (SSSR count). The zero-order valence-electron chi connectivity index (χ0n) is 16.8. The van der Waals surface area contributed by atoms with E-state index in [4.69, 9.17) is 20.8 Å². The molecule has 0 saturated heterocycles. The SMILES string of the molecule is Cc1cc2oc(=O)cc(COC(=O)CNC(=O)c3sc4ccccc4c3Cl)c2cc1C. The third-order valence-electron chi connectivity index (χ3n) is 4.97. The number of amides is 1. The molecular weight excluding hydrogens is 438 g/mol. The van der Waals surface area contributed by atoms with E-state index in [-0.39, 0.29) is 13.2 Å². The molecule has 0 unspecified atom stereocenters. The smallest absolute Gasteiger partial charge is 0.336 e. The van der Waals surface area contributed by atoms with Crippen LogP contribution in [-0.4, -0.2) is 18.4 Å². The molecule has 0 atom stereocenters. The van der Waals surface area contributed by atoms with Gasteiger partial charge in [0.2, 0.25) is 0 Å². The molecule has 2 heterocycles. The number of benzene rings is 2. The maximum absolute atomic E-state index is 12.5. The van der Waals surface area contributed by atoms with E-state index in [0.29, 0.717) is 26.4 Å². The lowest BCUT2D eigenvalue weighted by molar-refractivity contribution is -0.143. The van der Waals surface area contributed by atoms with Crippen molar-refractivity contribution in [1.29, 1.82) is 0 Å². The lowest BCUT2D eigenvalue weighted by atomic mass is 10.0. The van der Waals surface area contributed by atoms with Gasteiger partial charge in [-0.15, -0.1) is 11.3 Å². The summed E-state index contributed by atoms with van der Waals surface area (Å²) in [7, 11) is 0. The molecule has 0 bridgehead atoms. The molecule has 2 aromatic carbocycles. The summed E-state index contributed by atoms with van der Waals surface area (Å²) in [5, 5.41) is 4.39. The largest absolute Gasteiger partial charge is 0.459 e. The first-order valence-electron chi connectivity index (χ1n) is 9.48. The molecule has 0 fully saturated rings. The standard InChI is InChI=1S/C23H18ClNO5S/c1-12-7-16-14(9-19(26)30-17(16)8-13(12)2)11-29-20(27)10-25-23(28)22-21(24)15-5-3-4-6-18(15)31-22/h3-9H,10-11H2,1-2H3,(H,25,28). The minimum atomic E-state index is -0.629. The van der Waals surface area contributed by atoms with Crippen molar-refractivity contribution in [3.05, 3.63) is 79.5 Å². The highest BCUT2D eigenvalue weighted by Crippen LogP contribution is 2.34. The lowest BCUT2D eigenvalue weighted by Crippen LogP contribution is -2.30. The van der Waals surface area contributed by atoms with Crippen LogP contribution in [0.5, 0.6) is 0 Å². The summed E-state index contributed by atoms with van der Waals surface area (Å²) in [6.45, 7) is 3.45. The summed E-state index contributed by atoms with van der Waals surface area (Å²) in [6.07, 6.45) is 0. The van der Waals surface area contributed by atoms with Crippen LogP contribution < -0.4 is 10.9 Å². The van der Waals surface area contributed by atoms with Gasteiger partial charge in [-0.2, -0.15) is 0 Å². The van der Waals surface area contributed by atoms with E-state index in [9.17, 15) is 14.4 Å². The molecule has 0 aliphatic rings. The summed E-state index contributed by atoms with van der Waals surface area (Å²) in [4.78, 5) is 36.8. The highest BCUT2D eigenvalue weighted by atomic mass is 35.5. The molecular formula is C23H18ClNO5S. The van der Waals surface area contributed by atoms with Crippen LogP contribution >= 0.6 is 22.9 Å². The number of nitrogens with one attached hydrogen (secondary N) is 1. The maximum Gasteiger partial charge on any atom is 0.336 e. The monoisotopic (exact) mass is 455 g/mol. The van der Waals surface area contributed by atoms with E-state index in [0.717, 1.165) is 21.2 Å². The molecule has 0 spiro atoms. The first-order chi connectivity index (χ1) is 14.8. The van der Waals surface area contributed by atoms with Crippen molar-refractivity contribution in [1.82, 2.24) is 5.32 Å². The lowest BCUT2D eigenvalue weighted by Gasteiger charge is -2.09. The van der Waals surface area contributed by atoms with Crippen molar-refractivity contribution in [2.24, 2.45) is 0 Å². The fourth-order valence-electron chi connectivity index (χ4n) is 3.20. The Bertz CT molecular complexity index is 1390. The van der Waals surface area contributed by atoms with Gasteiger partial charge in [0.15, 0.2) is 0 Å². The first-order valence-corrected chi connectivity index (χ1v) is 10.7. The quantitative estimate of drug-likeness (QED) is 0.346. The fourth-order valence-corrected chi connectivity index (χ4v) is 4.64. The van der Waals surface area contributed by atoms with Crippen molar-refractivity contribution < 1.29 is 18.7 Å². The number of esters is 1. The molecule has 0 aliphatic heterocycles. The number of aryl methyl sites for hydroxylation is 2. The van der Waals surface area contributed by atoms with Gasteiger partial charge in [-0.1, -0.05) is 29.8 Å². The highest BCUT2D eigenvalue weighted by molar-refractivity contribution is 7.21. The zero-order valence-corrected chi connectivity index (χ0v) is 18.4. The molecule has 0 saturated carbocycles. The van der Waals surface area contributed by atoms with E-state index in [1.807, 2.05) is 44.2 Å². The Balaban J connectivity index is 1.43. The number of hydrogen-bond donors (Lipinski definition) is 1. The molecule has 1 N–H and O–H groups in total. The van der Waals surface area contributed by atoms with Gasteiger partial charge in [0.25, 0.3) is 5.91 Å². The number of rotatable bonds is 5. The predicted octanol–water partition coefficient (Wildman–Crippen LogP) is 4.75. The maximum atomic E-state index is 12.5. The molecule has 2 aromatic heterocycles. The summed E-state index contributed by atoms with van der Waals surface area (Å²) in [5.41, 5.74) is 2.49. The van der Waals surface area contributed by atoms with E-state index in [1.165, 1.54) is 17.4 Å². The predicted molar refractivity (Wildman–Crippen MR) is 121 cm³/mol. The van der Waals surface area contributed by atoms with Crippen LogP contribution in [0, 0.1) is 13.8 Å². The topological polar surface area (TPSA) is 85.6 Å². The molecule has 1 amide bonds. The van der Waals surface area contributed by atoms with E-state index in [1.54, 1.807) is 6.07 Å². The van der Waals surface area contributed by atoms with Crippen LogP contribution in [0.1, 0.15) is 26.4 Å². The van der Waals surface area contributed by atoms with E-state index in [2.05, 4.69) is 5.32 Å². The molecule has 31 heavy (non-hydrogen) atoms. The average molecular weight is 456 g/mol. The first kappa shape index (κ1) is 21.1. The number of carbonyl (C=O) groups excluding carboxylic acids is 2. The normalized spacial score (nSPS) is 11.1. The van der Waals surface area contributed by atoms with Crippen molar-refractivity contribution in [2.75, 3.05) is 6.54 Å². The average Bonchev–Trinajstić information content (AvgIpc) is 3.08. The highest BCUT2D eigenvalue weighted by Gasteiger charge is 2.18.